The Morgan fingerprint density at radius 1 is 0.358 bits per heavy atom. The van der Waals surface area contributed by atoms with Crippen LogP contribution < -0.4 is 9.47 Å². The lowest BCUT2D eigenvalue weighted by atomic mass is 9.84. The van der Waals surface area contributed by atoms with Crippen LogP contribution in [0.25, 0.3) is 11.1 Å². The summed E-state index contributed by atoms with van der Waals surface area (Å²) in [6, 6.07) is 18.5. The van der Waals surface area contributed by atoms with Crippen LogP contribution in [0.4, 0.5) is 4.39 Å². The van der Waals surface area contributed by atoms with Crippen molar-refractivity contribution in [2.75, 3.05) is 13.2 Å². The van der Waals surface area contributed by atoms with E-state index in [0.29, 0.717) is 18.8 Å². The maximum Gasteiger partial charge on any atom is 0.142 e. The van der Waals surface area contributed by atoms with Gasteiger partial charge in [-0.1, -0.05) is 282 Å². The molecule has 0 spiro atoms. The van der Waals surface area contributed by atoms with E-state index in [0.717, 1.165) is 46.6 Å². The van der Waals surface area contributed by atoms with Gasteiger partial charge in [0.2, 0.25) is 0 Å². The molecule has 1 N–H and O–H groups in total. The fourth-order valence-electron chi connectivity index (χ4n) is 10.6. The Morgan fingerprint density at radius 2 is 0.642 bits per heavy atom. The van der Waals surface area contributed by atoms with E-state index < -0.39 is 5.60 Å². The van der Waals surface area contributed by atoms with Crippen molar-refractivity contribution in [3.05, 3.63) is 83.2 Å². The molecule has 4 rings (SSSR count). The van der Waals surface area contributed by atoms with Crippen LogP contribution in [0, 0.1) is 5.82 Å². The molecule has 0 heterocycles. The predicted molar refractivity (Wildman–Crippen MR) is 287 cm³/mol. The van der Waals surface area contributed by atoms with E-state index in [1.54, 1.807) is 6.07 Å². The van der Waals surface area contributed by atoms with Crippen molar-refractivity contribution >= 4 is 0 Å². The van der Waals surface area contributed by atoms with Crippen LogP contribution in [-0.2, 0) is 5.60 Å². The van der Waals surface area contributed by atoms with E-state index in [-0.39, 0.29) is 5.82 Å². The van der Waals surface area contributed by atoms with Gasteiger partial charge in [0.05, 0.1) is 13.2 Å². The molecule has 0 aliphatic heterocycles. The Kier molecular flexibility index (Phi) is 31.4. The van der Waals surface area contributed by atoms with Crippen molar-refractivity contribution in [2.24, 2.45) is 0 Å². The van der Waals surface area contributed by atoms with Crippen LogP contribution in [0.1, 0.15) is 287 Å². The largest absolute Gasteiger partial charge is 0.494 e. The summed E-state index contributed by atoms with van der Waals surface area (Å²) in [6.45, 7) is 5.90. The Labute approximate surface area is 412 Å². The van der Waals surface area contributed by atoms with Crippen LogP contribution >= 0.6 is 0 Å². The van der Waals surface area contributed by atoms with E-state index in [1.165, 1.54) is 256 Å². The smallest absolute Gasteiger partial charge is 0.142 e. The molecule has 3 nitrogen and oxygen atoms in total. The summed E-state index contributed by atoms with van der Waals surface area (Å²) in [6.07, 6.45) is 54.8. The van der Waals surface area contributed by atoms with Crippen molar-refractivity contribution in [3.63, 3.8) is 0 Å². The van der Waals surface area contributed by atoms with E-state index in [4.69, 9.17) is 9.47 Å². The molecule has 0 saturated heterocycles. The maximum absolute atomic E-state index is 14.7. The molecule has 0 amide bonds. The zero-order valence-electron chi connectivity index (χ0n) is 43.6. The van der Waals surface area contributed by atoms with Gasteiger partial charge in [0.15, 0.2) is 0 Å². The zero-order chi connectivity index (χ0) is 47.3. The second-order valence-electron chi connectivity index (χ2n) is 20.8. The van der Waals surface area contributed by atoms with Crippen molar-refractivity contribution in [2.45, 2.75) is 276 Å². The molecular weight excluding hydrogens is 824 g/mol. The summed E-state index contributed by atoms with van der Waals surface area (Å²) < 4.78 is 27.3. The Hall–Kier alpha value is -2.85. The van der Waals surface area contributed by atoms with Gasteiger partial charge in [0.1, 0.15) is 22.9 Å². The van der Waals surface area contributed by atoms with Gasteiger partial charge >= 0.3 is 0 Å². The Bertz CT molecular complexity index is 1550. The number of unbranched alkanes of at least 4 members (excludes halogenated alkanes) is 38. The molecule has 0 fully saturated rings. The summed E-state index contributed by atoms with van der Waals surface area (Å²) in [7, 11) is 0. The van der Waals surface area contributed by atoms with Crippen LogP contribution in [0.2, 0.25) is 0 Å². The minimum absolute atomic E-state index is 0.361. The molecule has 378 valence electrons. The van der Waals surface area contributed by atoms with Gasteiger partial charge in [-0.05, 0) is 65.9 Å². The molecule has 0 aromatic heterocycles. The molecule has 4 heteroatoms. The summed E-state index contributed by atoms with van der Waals surface area (Å²) in [5, 5.41) is 12.7. The molecular formula is C63H101FO3. The number of aliphatic hydroxyl groups is 1. The van der Waals surface area contributed by atoms with Crippen molar-refractivity contribution in [1.82, 2.24) is 0 Å². The minimum atomic E-state index is -1.51. The van der Waals surface area contributed by atoms with Gasteiger partial charge in [0.25, 0.3) is 0 Å². The Morgan fingerprint density at radius 3 is 0.925 bits per heavy atom. The van der Waals surface area contributed by atoms with Crippen molar-refractivity contribution < 1.29 is 19.0 Å². The number of benzene rings is 3. The molecule has 1 aliphatic rings. The van der Waals surface area contributed by atoms with Crippen LogP contribution in [0.5, 0.6) is 11.5 Å². The number of rotatable bonds is 45. The van der Waals surface area contributed by atoms with E-state index >= 15 is 0 Å². The molecule has 3 aromatic carbocycles. The van der Waals surface area contributed by atoms with Gasteiger partial charge in [-0.15, -0.1) is 0 Å². The number of ether oxygens (including phenoxy) is 2. The third-order valence-electron chi connectivity index (χ3n) is 14.8. The maximum atomic E-state index is 14.7. The second-order valence-corrected chi connectivity index (χ2v) is 20.8. The fourth-order valence-corrected chi connectivity index (χ4v) is 10.6. The summed E-state index contributed by atoms with van der Waals surface area (Å²) in [5.41, 5.74) is 2.39. The van der Waals surface area contributed by atoms with Crippen LogP contribution in [0.3, 0.4) is 0 Å². The number of fused-ring (bicyclic) bond motifs is 3. The number of hydrogen-bond acceptors (Lipinski definition) is 3. The highest BCUT2D eigenvalue weighted by atomic mass is 19.1. The third kappa shape index (κ3) is 23.1. The lowest BCUT2D eigenvalue weighted by molar-refractivity contribution is 0.129. The van der Waals surface area contributed by atoms with E-state index in [9.17, 15) is 9.50 Å². The lowest BCUT2D eigenvalue weighted by Gasteiger charge is -2.27. The van der Waals surface area contributed by atoms with Gasteiger partial charge < -0.3 is 14.6 Å². The average molecular weight is 925 g/mol. The highest BCUT2D eigenvalue weighted by molar-refractivity contribution is 5.83. The van der Waals surface area contributed by atoms with Crippen molar-refractivity contribution in [3.8, 4) is 22.6 Å². The zero-order valence-corrected chi connectivity index (χ0v) is 43.6. The molecule has 3 aromatic rings. The Balaban J connectivity index is 1.06. The van der Waals surface area contributed by atoms with Gasteiger partial charge in [-0.25, -0.2) is 4.39 Å². The molecule has 0 bridgehead atoms. The highest BCUT2D eigenvalue weighted by Crippen LogP contribution is 2.53. The van der Waals surface area contributed by atoms with Gasteiger partial charge in [-0.3, -0.25) is 0 Å². The monoisotopic (exact) mass is 925 g/mol. The first-order valence-corrected chi connectivity index (χ1v) is 29.1. The molecule has 0 radical (unpaired) electrons. The van der Waals surface area contributed by atoms with Crippen molar-refractivity contribution in [1.29, 1.82) is 0 Å². The summed E-state index contributed by atoms with van der Waals surface area (Å²) in [5.74, 6) is 1.13. The van der Waals surface area contributed by atoms with Crippen LogP contribution in [-0.4, -0.2) is 18.3 Å². The first kappa shape index (κ1) is 56.7. The minimum Gasteiger partial charge on any atom is -0.494 e. The molecule has 1 aliphatic carbocycles. The molecule has 0 unspecified atom stereocenters. The normalized spacial score (nSPS) is 12.7. The first-order chi connectivity index (χ1) is 33.1. The number of hydrogen-bond donors (Lipinski definition) is 1. The SMILES string of the molecule is CCCCCCCCCCCCCCCCCCCCCCOc1ccc2c(c1)C(O)(c1cccc(F)c1)c1cc(OCCCCCCCCCCCCCCCCCCCCCC)ccc1-2. The molecule has 0 atom stereocenters. The standard InChI is InChI=1S/C63H101FO3/c1-3-5-7-9-11-13-15-17-19-21-23-25-27-29-31-33-35-37-39-41-50-66-57-46-48-59-60-49-47-58(54-62(60)63(65,61(59)53-57)55-44-43-45-56(64)52-55)67-51-42-40-38-36-34-32-30-28-26-24-22-20-18-16-14-12-10-8-6-4-2/h43-49,52-54,65H,3-42,50-51H2,1-2H3. The quantitative estimate of drug-likeness (QED) is 0.0574. The molecule has 0 saturated carbocycles. The van der Waals surface area contributed by atoms with E-state index in [2.05, 4.69) is 26.0 Å². The fraction of sp³-hybridized carbons (Fsp3) is 0.714. The number of halogens is 1. The second kappa shape index (κ2) is 37.0. The lowest BCUT2D eigenvalue weighted by Crippen LogP contribution is -2.26. The average Bonchev–Trinajstić information content (AvgIpc) is 3.59. The summed E-state index contributed by atoms with van der Waals surface area (Å²) in [4.78, 5) is 0. The first-order valence-electron chi connectivity index (χ1n) is 29.1. The van der Waals surface area contributed by atoms with Gasteiger partial charge in [-0.2, -0.15) is 0 Å². The highest BCUT2D eigenvalue weighted by Gasteiger charge is 2.44. The van der Waals surface area contributed by atoms with Crippen LogP contribution in [0.15, 0.2) is 60.7 Å². The third-order valence-corrected chi connectivity index (χ3v) is 14.8. The predicted octanol–water partition coefficient (Wildman–Crippen LogP) is 20.5. The molecule has 67 heavy (non-hydrogen) atoms. The van der Waals surface area contributed by atoms with E-state index in [1.807, 2.05) is 30.3 Å². The van der Waals surface area contributed by atoms with Gasteiger partial charge in [0, 0.05) is 11.1 Å². The summed E-state index contributed by atoms with van der Waals surface area (Å²) >= 11 is 0. The topological polar surface area (TPSA) is 38.7 Å².